The summed E-state index contributed by atoms with van der Waals surface area (Å²) in [6, 6.07) is 0. The van der Waals surface area contributed by atoms with Crippen LogP contribution in [0.3, 0.4) is 0 Å². The van der Waals surface area contributed by atoms with Crippen molar-refractivity contribution in [1.82, 2.24) is 4.90 Å². The smallest absolute Gasteiger partial charge is 0.320 e. The first-order valence-electron chi connectivity index (χ1n) is 26.8. The van der Waals surface area contributed by atoms with Gasteiger partial charge in [-0.3, -0.25) is 24.1 Å². The van der Waals surface area contributed by atoms with Gasteiger partial charge in [-0.1, -0.05) is 166 Å². The van der Waals surface area contributed by atoms with E-state index in [1.807, 2.05) is 13.8 Å². The predicted molar refractivity (Wildman–Crippen MR) is 272 cm³/mol. The minimum Gasteiger partial charge on any atom is -0.498 e. The van der Waals surface area contributed by atoms with Crippen LogP contribution >= 0.6 is 0 Å². The monoisotopic (exact) mass is 940 g/mol. The van der Waals surface area contributed by atoms with Crippen LogP contribution in [0.4, 0.5) is 0 Å². The van der Waals surface area contributed by atoms with Gasteiger partial charge in [0.15, 0.2) is 0 Å². The Morgan fingerprint density at radius 2 is 0.970 bits per heavy atom. The zero-order valence-electron chi connectivity index (χ0n) is 45.1. The summed E-state index contributed by atoms with van der Waals surface area (Å²) in [4.78, 5) is 59.4. The molecule has 66 heavy (non-hydrogen) atoms. The molecule has 3 unspecified atom stereocenters. The molecule has 0 aromatic carbocycles. The third-order valence-corrected chi connectivity index (χ3v) is 11.7. The molecule has 0 aliphatic heterocycles. The van der Waals surface area contributed by atoms with Crippen molar-refractivity contribution in [2.24, 2.45) is 17.8 Å². The van der Waals surface area contributed by atoms with E-state index in [-0.39, 0.29) is 37.3 Å². The van der Waals surface area contributed by atoms with Crippen molar-refractivity contribution < 1.29 is 47.7 Å². The minimum atomic E-state index is -0.439. The lowest BCUT2D eigenvalue weighted by Crippen LogP contribution is -2.40. The maximum absolute atomic E-state index is 12.9. The molecular weight excluding hydrogens is 835 g/mol. The topological polar surface area (TPSA) is 135 Å². The average molecular weight is 940 g/mol. The SMILES string of the molecule is CCC(C)=O.CCCC.CCCCCCCCOC(=O)CN(CC(=O)OCCCCCCCC)CC(=O)OCC(C)CCCCC(COC(CC)=C1CCC1)C(C)CC.CCCOC(C)=O. The molecule has 1 aliphatic carbocycles. The first kappa shape index (κ1) is 67.3. The van der Waals surface area contributed by atoms with Gasteiger partial charge in [-0.25, -0.2) is 0 Å². The van der Waals surface area contributed by atoms with E-state index in [0.717, 1.165) is 90.1 Å². The molecule has 1 saturated carbocycles. The number of hydrogen-bond acceptors (Lipinski definition) is 11. The summed E-state index contributed by atoms with van der Waals surface area (Å²) in [7, 11) is 0. The van der Waals surface area contributed by atoms with Crippen LogP contribution in [0.2, 0.25) is 0 Å². The molecule has 3 atom stereocenters. The van der Waals surface area contributed by atoms with Gasteiger partial charge >= 0.3 is 23.9 Å². The van der Waals surface area contributed by atoms with Crippen LogP contribution in [0.15, 0.2) is 11.3 Å². The molecule has 0 radical (unpaired) electrons. The van der Waals surface area contributed by atoms with Crippen LogP contribution in [0.25, 0.3) is 0 Å². The summed E-state index contributed by atoms with van der Waals surface area (Å²) in [5.41, 5.74) is 1.52. The van der Waals surface area contributed by atoms with Crippen LogP contribution in [0.1, 0.15) is 244 Å². The van der Waals surface area contributed by atoms with Gasteiger partial charge in [0.2, 0.25) is 0 Å². The van der Waals surface area contributed by atoms with Crippen LogP contribution in [-0.2, 0) is 47.7 Å². The zero-order valence-corrected chi connectivity index (χ0v) is 45.1. The standard InChI is InChI=1S/C42H77NO7.C5H10O2.C4H8O.C4H10/c1-7-11-13-15-17-21-28-47-40(44)30-43(31-41(45)48-29-22-18-16-14-12-8-2)32-42(46)50-33-35(5)24-19-20-25-38(36(6)9-3)34-49-39(10-4)37-26-23-27-37;1-3-4-7-5(2)6;1-3-4(2)5;1-3-4-2/h35-36,38H,7-34H2,1-6H3;3-4H2,1-2H3;3H2,1-2H3;3-4H2,1-2H3. The number of carbonyl (C=O) groups excluding carboxylic acids is 5. The largest absolute Gasteiger partial charge is 0.498 e. The Morgan fingerprint density at radius 3 is 1.35 bits per heavy atom. The van der Waals surface area contributed by atoms with Crippen molar-refractivity contribution in [3.05, 3.63) is 11.3 Å². The van der Waals surface area contributed by atoms with E-state index >= 15 is 0 Å². The van der Waals surface area contributed by atoms with E-state index in [9.17, 15) is 24.0 Å². The Morgan fingerprint density at radius 1 is 0.500 bits per heavy atom. The summed E-state index contributed by atoms with van der Waals surface area (Å²) >= 11 is 0. The number of hydrogen-bond donors (Lipinski definition) is 0. The maximum Gasteiger partial charge on any atom is 0.320 e. The number of ketones is 1. The highest BCUT2D eigenvalue weighted by Crippen LogP contribution is 2.32. The van der Waals surface area contributed by atoms with E-state index in [4.69, 9.17) is 18.9 Å². The average Bonchev–Trinajstić information content (AvgIpc) is 3.28. The molecule has 390 valence electrons. The normalized spacial score (nSPS) is 12.9. The van der Waals surface area contributed by atoms with Crippen molar-refractivity contribution in [2.45, 2.75) is 244 Å². The Labute approximate surface area is 406 Å². The quantitative estimate of drug-likeness (QED) is 0.0255. The number of unbranched alkanes of at least 4 members (excludes halogenated alkanes) is 12. The van der Waals surface area contributed by atoms with Crippen LogP contribution in [0.5, 0.6) is 0 Å². The van der Waals surface area contributed by atoms with Crippen molar-refractivity contribution >= 4 is 29.7 Å². The van der Waals surface area contributed by atoms with Crippen LogP contribution < -0.4 is 0 Å². The van der Waals surface area contributed by atoms with Gasteiger partial charge in [0.25, 0.3) is 0 Å². The summed E-state index contributed by atoms with van der Waals surface area (Å²) in [5.74, 6) is 1.39. The highest BCUT2D eigenvalue weighted by atomic mass is 16.5. The number of rotatable bonds is 37. The molecule has 0 N–H and O–H groups in total. The molecule has 11 nitrogen and oxygen atoms in total. The number of allylic oxidation sites excluding steroid dienone is 2. The number of Topliss-reactive ketones (excluding diaryl/α,β-unsaturated/α-hetero) is 1. The second kappa shape index (κ2) is 49.9. The minimum absolute atomic E-state index is 0.148. The van der Waals surface area contributed by atoms with Crippen molar-refractivity contribution in [3.8, 4) is 0 Å². The van der Waals surface area contributed by atoms with Crippen LogP contribution in [-0.4, -0.2) is 87.2 Å². The fourth-order valence-electron chi connectivity index (χ4n) is 6.61. The van der Waals surface area contributed by atoms with Crippen molar-refractivity contribution in [1.29, 1.82) is 0 Å². The molecule has 1 aliphatic rings. The lowest BCUT2D eigenvalue weighted by molar-refractivity contribution is -0.152. The summed E-state index contributed by atoms with van der Waals surface area (Å²) in [6.07, 6.45) is 27.6. The molecule has 1 fully saturated rings. The Kier molecular flexibility index (Phi) is 50.9. The zero-order chi connectivity index (χ0) is 50.2. The maximum atomic E-state index is 12.9. The molecule has 1 rings (SSSR count). The second-order valence-corrected chi connectivity index (χ2v) is 18.3. The lowest BCUT2D eigenvalue weighted by Gasteiger charge is -2.27. The molecule has 0 amide bonds. The Bertz CT molecular complexity index is 1160. The highest BCUT2D eigenvalue weighted by molar-refractivity contribution is 5.78. The van der Waals surface area contributed by atoms with E-state index in [0.29, 0.717) is 44.7 Å². The summed E-state index contributed by atoms with van der Waals surface area (Å²) < 4.78 is 27.4. The van der Waals surface area contributed by atoms with Crippen molar-refractivity contribution in [2.75, 3.05) is 52.7 Å². The van der Waals surface area contributed by atoms with Gasteiger partial charge in [-0.15, -0.1) is 0 Å². The third kappa shape index (κ3) is 46.2. The second-order valence-electron chi connectivity index (χ2n) is 18.3. The summed E-state index contributed by atoms with van der Waals surface area (Å²) in [6.45, 7) is 26.4. The third-order valence-electron chi connectivity index (χ3n) is 11.7. The Hall–Kier alpha value is -2.95. The van der Waals surface area contributed by atoms with Gasteiger partial charge in [-0.2, -0.15) is 0 Å². The number of ether oxygens (including phenoxy) is 5. The lowest BCUT2D eigenvalue weighted by atomic mass is 9.87. The summed E-state index contributed by atoms with van der Waals surface area (Å²) in [5, 5.41) is 0. The molecule has 0 bridgehead atoms. The van der Waals surface area contributed by atoms with E-state index in [2.05, 4.69) is 60.1 Å². The van der Waals surface area contributed by atoms with Gasteiger partial charge in [0, 0.05) is 19.8 Å². The molecule has 0 spiro atoms. The predicted octanol–water partition coefficient (Wildman–Crippen LogP) is 14.1. The van der Waals surface area contributed by atoms with Gasteiger partial charge in [0.1, 0.15) is 5.78 Å². The molecule has 0 heterocycles. The molecule has 0 saturated heterocycles. The first-order valence-corrected chi connectivity index (χ1v) is 26.8. The van der Waals surface area contributed by atoms with E-state index in [1.54, 1.807) is 6.92 Å². The number of esters is 4. The molecular formula is C55H105NO10. The van der Waals surface area contributed by atoms with E-state index in [1.165, 1.54) is 93.8 Å². The highest BCUT2D eigenvalue weighted by Gasteiger charge is 2.22. The fraction of sp³-hybridized carbons (Fsp3) is 0.873. The van der Waals surface area contributed by atoms with Gasteiger partial charge < -0.3 is 28.5 Å². The molecule has 0 aromatic rings. The van der Waals surface area contributed by atoms with Crippen molar-refractivity contribution in [3.63, 3.8) is 0 Å². The first-order chi connectivity index (χ1) is 31.7. The molecule has 11 heteroatoms. The molecule has 0 aromatic heterocycles. The fourth-order valence-corrected chi connectivity index (χ4v) is 6.61. The Balaban J connectivity index is -0.00000210. The number of carbonyl (C=O) groups is 5. The van der Waals surface area contributed by atoms with Gasteiger partial charge in [-0.05, 0) is 81.6 Å². The van der Waals surface area contributed by atoms with E-state index < -0.39 is 17.9 Å². The van der Waals surface area contributed by atoms with Gasteiger partial charge in [0.05, 0.1) is 58.4 Å². The number of nitrogens with zero attached hydrogens (tertiary/aromatic N) is 1. The van der Waals surface area contributed by atoms with Crippen LogP contribution in [0, 0.1) is 17.8 Å².